The minimum atomic E-state index is -1.09. The van der Waals surface area contributed by atoms with Gasteiger partial charge in [0.25, 0.3) is 5.91 Å². The number of aliphatic hydroxyl groups is 2. The van der Waals surface area contributed by atoms with Gasteiger partial charge in [0.2, 0.25) is 0 Å². The van der Waals surface area contributed by atoms with Gasteiger partial charge in [-0.05, 0) is 18.2 Å². The molecule has 2 rings (SSSR count). The summed E-state index contributed by atoms with van der Waals surface area (Å²) in [6, 6.07) is 4.11. The molecule has 0 fully saturated rings. The van der Waals surface area contributed by atoms with Crippen LogP contribution in [-0.2, 0) is 4.79 Å². The first-order valence-electron chi connectivity index (χ1n) is 5.62. The van der Waals surface area contributed by atoms with Crippen LogP contribution < -0.4 is 9.64 Å². The molecule has 1 amide bonds. The second kappa shape index (κ2) is 5.25. The summed E-state index contributed by atoms with van der Waals surface area (Å²) in [6.07, 6.45) is -1.06. The zero-order valence-electron chi connectivity index (χ0n) is 9.94. The molecular weight excluding hydrogens is 254 g/mol. The van der Waals surface area contributed by atoms with Crippen LogP contribution in [0.2, 0.25) is 0 Å². The number of anilines is 1. The minimum absolute atomic E-state index is 0.0516. The summed E-state index contributed by atoms with van der Waals surface area (Å²) in [4.78, 5) is 23.8. The van der Waals surface area contributed by atoms with Crippen LogP contribution in [-0.4, -0.2) is 53.1 Å². The summed E-state index contributed by atoms with van der Waals surface area (Å²) in [5.41, 5.74) is 0.435. The van der Waals surface area contributed by atoms with Crippen LogP contribution in [0.15, 0.2) is 18.2 Å². The topological polar surface area (TPSA) is 107 Å². The Morgan fingerprint density at radius 1 is 1.47 bits per heavy atom. The van der Waals surface area contributed by atoms with E-state index in [0.717, 1.165) is 0 Å². The van der Waals surface area contributed by atoms with E-state index in [-0.39, 0.29) is 30.4 Å². The average Bonchev–Trinajstić information content (AvgIpc) is 2.41. The monoisotopic (exact) mass is 267 g/mol. The van der Waals surface area contributed by atoms with Crippen molar-refractivity contribution < 1.29 is 29.6 Å². The number of carbonyl (C=O) groups is 2. The van der Waals surface area contributed by atoms with Gasteiger partial charge in [-0.1, -0.05) is 0 Å². The highest BCUT2D eigenvalue weighted by Gasteiger charge is 2.27. The molecule has 7 heteroatoms. The van der Waals surface area contributed by atoms with E-state index in [1.165, 1.54) is 23.1 Å². The van der Waals surface area contributed by atoms with Crippen molar-refractivity contribution in [1.82, 2.24) is 0 Å². The van der Waals surface area contributed by atoms with Crippen LogP contribution in [0.4, 0.5) is 5.69 Å². The third kappa shape index (κ3) is 2.67. The molecule has 1 heterocycles. The third-order valence-corrected chi connectivity index (χ3v) is 2.75. The van der Waals surface area contributed by atoms with Gasteiger partial charge in [0.15, 0.2) is 6.61 Å². The molecule has 0 saturated carbocycles. The minimum Gasteiger partial charge on any atom is -0.482 e. The molecule has 19 heavy (non-hydrogen) atoms. The fourth-order valence-corrected chi connectivity index (χ4v) is 1.81. The fourth-order valence-electron chi connectivity index (χ4n) is 1.81. The molecule has 1 unspecified atom stereocenters. The van der Waals surface area contributed by atoms with Crippen LogP contribution in [0.5, 0.6) is 5.75 Å². The number of fused-ring (bicyclic) bond motifs is 1. The summed E-state index contributed by atoms with van der Waals surface area (Å²) >= 11 is 0. The first-order valence-corrected chi connectivity index (χ1v) is 5.62. The molecular formula is C12H13NO6. The number of hydrogen-bond acceptors (Lipinski definition) is 5. The number of carboxylic acid groups (broad SMARTS) is 1. The van der Waals surface area contributed by atoms with Crippen molar-refractivity contribution in [1.29, 1.82) is 0 Å². The molecule has 1 atom stereocenters. The number of hydrogen-bond donors (Lipinski definition) is 3. The number of rotatable bonds is 4. The normalized spacial score (nSPS) is 15.7. The van der Waals surface area contributed by atoms with Gasteiger partial charge in [-0.2, -0.15) is 0 Å². The van der Waals surface area contributed by atoms with Crippen molar-refractivity contribution in [2.24, 2.45) is 0 Å². The lowest BCUT2D eigenvalue weighted by atomic mass is 10.1. The van der Waals surface area contributed by atoms with E-state index in [1.54, 1.807) is 0 Å². The Hall–Kier alpha value is -2.12. The molecule has 0 aromatic heterocycles. The maximum atomic E-state index is 11.7. The fraction of sp³-hybridized carbons (Fsp3) is 0.333. The Balaban J connectivity index is 2.33. The molecule has 1 aliphatic rings. The lowest BCUT2D eigenvalue weighted by Gasteiger charge is -2.30. The van der Waals surface area contributed by atoms with Gasteiger partial charge in [-0.25, -0.2) is 4.79 Å². The van der Waals surface area contributed by atoms with Crippen LogP contribution in [0.3, 0.4) is 0 Å². The average molecular weight is 267 g/mol. The molecule has 1 aromatic rings. The molecule has 3 N–H and O–H groups in total. The molecule has 102 valence electrons. The van der Waals surface area contributed by atoms with Gasteiger partial charge in [-0.15, -0.1) is 0 Å². The molecule has 0 saturated heterocycles. The maximum absolute atomic E-state index is 11.7. The van der Waals surface area contributed by atoms with E-state index < -0.39 is 18.7 Å². The van der Waals surface area contributed by atoms with Crippen molar-refractivity contribution in [3.05, 3.63) is 23.8 Å². The number of benzene rings is 1. The lowest BCUT2D eigenvalue weighted by Crippen LogP contribution is -2.44. The maximum Gasteiger partial charge on any atom is 0.335 e. The largest absolute Gasteiger partial charge is 0.482 e. The SMILES string of the molecule is O=C(O)c1ccc2c(c1)OCC(=O)N2CC(O)CO. The summed E-state index contributed by atoms with van der Waals surface area (Å²) in [5, 5.41) is 27.1. The molecule has 1 aromatic carbocycles. The molecule has 7 nitrogen and oxygen atoms in total. The summed E-state index contributed by atoms with van der Waals surface area (Å²) in [7, 11) is 0. The van der Waals surface area contributed by atoms with Gasteiger partial charge >= 0.3 is 5.97 Å². The number of β-amino-alcohol motifs (C(OH)–C–C–N with tert-alkyl or cyclic N) is 1. The number of carboxylic acids is 1. The number of ether oxygens (including phenoxy) is 1. The quantitative estimate of drug-likeness (QED) is 0.676. The predicted molar refractivity (Wildman–Crippen MR) is 64.3 cm³/mol. The Morgan fingerprint density at radius 2 is 2.21 bits per heavy atom. The lowest BCUT2D eigenvalue weighted by molar-refractivity contribution is -0.121. The van der Waals surface area contributed by atoms with E-state index in [9.17, 15) is 14.7 Å². The van der Waals surface area contributed by atoms with Crippen molar-refractivity contribution in [2.75, 3.05) is 24.7 Å². The van der Waals surface area contributed by atoms with E-state index in [2.05, 4.69) is 0 Å². The summed E-state index contributed by atoms with van der Waals surface area (Å²) in [5.74, 6) is -1.18. The van der Waals surface area contributed by atoms with E-state index in [0.29, 0.717) is 5.69 Å². The standard InChI is InChI=1S/C12H13NO6/c14-5-8(15)4-13-9-2-1-7(12(17)18)3-10(9)19-6-11(13)16/h1-3,8,14-15H,4-6H2,(H,17,18). The van der Waals surface area contributed by atoms with Crippen LogP contribution in [0, 0.1) is 0 Å². The van der Waals surface area contributed by atoms with Gasteiger partial charge in [-0.3, -0.25) is 4.79 Å². The molecule has 0 bridgehead atoms. The highest BCUT2D eigenvalue weighted by atomic mass is 16.5. The van der Waals surface area contributed by atoms with Gasteiger partial charge in [0.1, 0.15) is 5.75 Å². The van der Waals surface area contributed by atoms with Crippen molar-refractivity contribution in [3.8, 4) is 5.75 Å². The van der Waals surface area contributed by atoms with E-state index in [4.69, 9.17) is 14.9 Å². The Kier molecular flexibility index (Phi) is 3.68. The zero-order valence-corrected chi connectivity index (χ0v) is 9.94. The molecule has 0 radical (unpaired) electrons. The van der Waals surface area contributed by atoms with Crippen LogP contribution in [0.25, 0.3) is 0 Å². The number of aromatic carboxylic acids is 1. The van der Waals surface area contributed by atoms with Gasteiger partial charge in [0.05, 0.1) is 30.5 Å². The first kappa shape index (κ1) is 13.3. The Labute approximate surface area is 108 Å². The first-order chi connectivity index (χ1) is 9.02. The van der Waals surface area contributed by atoms with Crippen molar-refractivity contribution in [3.63, 3.8) is 0 Å². The zero-order chi connectivity index (χ0) is 14.0. The second-order valence-corrected chi connectivity index (χ2v) is 4.12. The summed E-state index contributed by atoms with van der Waals surface area (Å²) in [6.45, 7) is -0.764. The van der Waals surface area contributed by atoms with Crippen LogP contribution >= 0.6 is 0 Å². The van der Waals surface area contributed by atoms with Gasteiger partial charge < -0.3 is 25.0 Å². The molecule has 1 aliphatic heterocycles. The number of aliphatic hydroxyl groups excluding tert-OH is 2. The Morgan fingerprint density at radius 3 is 2.84 bits per heavy atom. The predicted octanol–water partition coefficient (Wildman–Crippen LogP) is -0.537. The van der Waals surface area contributed by atoms with Crippen LogP contribution in [0.1, 0.15) is 10.4 Å². The van der Waals surface area contributed by atoms with Crippen molar-refractivity contribution in [2.45, 2.75) is 6.10 Å². The highest BCUT2D eigenvalue weighted by molar-refractivity contribution is 5.99. The summed E-state index contributed by atoms with van der Waals surface area (Å²) < 4.78 is 5.17. The second-order valence-electron chi connectivity index (χ2n) is 4.12. The van der Waals surface area contributed by atoms with E-state index in [1.807, 2.05) is 0 Å². The van der Waals surface area contributed by atoms with Crippen molar-refractivity contribution >= 4 is 17.6 Å². The molecule has 0 aliphatic carbocycles. The highest BCUT2D eigenvalue weighted by Crippen LogP contribution is 2.33. The third-order valence-electron chi connectivity index (χ3n) is 2.75. The van der Waals surface area contributed by atoms with E-state index >= 15 is 0 Å². The Bertz CT molecular complexity index is 515. The smallest absolute Gasteiger partial charge is 0.335 e. The number of amides is 1. The number of carbonyl (C=O) groups excluding carboxylic acids is 1. The van der Waals surface area contributed by atoms with Gasteiger partial charge in [0, 0.05) is 0 Å². The number of nitrogens with zero attached hydrogens (tertiary/aromatic N) is 1. The molecule has 0 spiro atoms.